The number of anilines is 1. The van der Waals surface area contributed by atoms with Gasteiger partial charge in [0.2, 0.25) is 0 Å². The van der Waals surface area contributed by atoms with Gasteiger partial charge in [-0.2, -0.15) is 0 Å². The minimum atomic E-state index is -0.297. The van der Waals surface area contributed by atoms with E-state index in [0.29, 0.717) is 0 Å². The average molecular weight is 313 g/mol. The second-order valence-corrected chi connectivity index (χ2v) is 5.69. The summed E-state index contributed by atoms with van der Waals surface area (Å²) in [6.07, 6.45) is 0.206. The van der Waals surface area contributed by atoms with E-state index < -0.39 is 0 Å². The highest BCUT2D eigenvalue weighted by atomic mass is 16.5. The minimum Gasteiger partial charge on any atom is -0.463 e. The lowest BCUT2D eigenvalue weighted by atomic mass is 10.0. The van der Waals surface area contributed by atoms with Crippen molar-refractivity contribution in [3.63, 3.8) is 0 Å². The van der Waals surface area contributed by atoms with Crippen molar-refractivity contribution in [3.05, 3.63) is 42.0 Å². The summed E-state index contributed by atoms with van der Waals surface area (Å²) in [4.78, 5) is 25.9. The van der Waals surface area contributed by atoms with Crippen LogP contribution in [0.15, 0.2) is 36.4 Å². The van der Waals surface area contributed by atoms with Crippen LogP contribution in [-0.4, -0.2) is 38.2 Å². The molecule has 0 aromatic heterocycles. The van der Waals surface area contributed by atoms with Crippen LogP contribution in [0.25, 0.3) is 10.8 Å². The molecule has 120 valence electrons. The van der Waals surface area contributed by atoms with Gasteiger partial charge in [-0.3, -0.25) is 9.59 Å². The summed E-state index contributed by atoms with van der Waals surface area (Å²) in [7, 11) is 1.49. The molecular formula is C18H19NO4. The van der Waals surface area contributed by atoms with E-state index >= 15 is 0 Å². The number of ether oxygens (including phenoxy) is 2. The zero-order valence-electron chi connectivity index (χ0n) is 13.2. The number of methoxy groups -OCH3 is 1. The topological polar surface area (TPSA) is 55.8 Å². The Hall–Kier alpha value is -2.40. The van der Waals surface area contributed by atoms with Crippen LogP contribution in [0.5, 0.6) is 0 Å². The zero-order valence-corrected chi connectivity index (χ0v) is 13.2. The van der Waals surface area contributed by atoms with Crippen molar-refractivity contribution in [3.8, 4) is 0 Å². The number of carbonyl (C=O) groups is 2. The van der Waals surface area contributed by atoms with Crippen LogP contribution in [0.3, 0.4) is 0 Å². The minimum absolute atomic E-state index is 0.0344. The summed E-state index contributed by atoms with van der Waals surface area (Å²) < 4.78 is 10.1. The summed E-state index contributed by atoms with van der Waals surface area (Å²) in [6.45, 7) is 2.15. The molecule has 0 saturated carbocycles. The van der Waals surface area contributed by atoms with Gasteiger partial charge in [0.05, 0.1) is 18.2 Å². The molecule has 0 radical (unpaired) electrons. The van der Waals surface area contributed by atoms with E-state index in [2.05, 4.69) is 0 Å². The van der Waals surface area contributed by atoms with Gasteiger partial charge in [-0.05, 0) is 17.9 Å². The van der Waals surface area contributed by atoms with Crippen LogP contribution >= 0.6 is 0 Å². The van der Waals surface area contributed by atoms with E-state index in [9.17, 15) is 9.59 Å². The van der Waals surface area contributed by atoms with Crippen molar-refractivity contribution in [2.45, 2.75) is 19.4 Å². The van der Waals surface area contributed by atoms with Gasteiger partial charge in [-0.15, -0.1) is 0 Å². The fourth-order valence-corrected chi connectivity index (χ4v) is 3.05. The Labute approximate surface area is 134 Å². The zero-order chi connectivity index (χ0) is 16.4. The summed E-state index contributed by atoms with van der Waals surface area (Å²) in [5.41, 5.74) is 1.81. The number of cyclic esters (lactones) is 1. The van der Waals surface area contributed by atoms with E-state index in [1.165, 1.54) is 7.11 Å². The molecular weight excluding hydrogens is 294 g/mol. The molecule has 5 heteroatoms. The molecule has 1 unspecified atom stereocenters. The maximum absolute atomic E-state index is 12.7. The highest BCUT2D eigenvalue weighted by Crippen LogP contribution is 2.33. The summed E-state index contributed by atoms with van der Waals surface area (Å²) in [5.74, 6) is -0.446. The van der Waals surface area contributed by atoms with E-state index in [1.54, 1.807) is 4.90 Å². The van der Waals surface area contributed by atoms with Crippen molar-refractivity contribution in [1.82, 2.24) is 0 Å². The third-order valence-electron chi connectivity index (χ3n) is 4.08. The average Bonchev–Trinajstić information content (AvgIpc) is 2.96. The smallest absolute Gasteiger partial charge is 0.308 e. The van der Waals surface area contributed by atoms with Crippen LogP contribution in [0.1, 0.15) is 12.0 Å². The molecule has 1 fully saturated rings. The normalized spacial score (nSPS) is 17.3. The van der Waals surface area contributed by atoms with Gasteiger partial charge in [0.25, 0.3) is 5.91 Å². The van der Waals surface area contributed by atoms with Gasteiger partial charge in [-0.1, -0.05) is 36.4 Å². The van der Waals surface area contributed by atoms with Crippen molar-refractivity contribution >= 4 is 28.3 Å². The fourth-order valence-electron chi connectivity index (χ4n) is 3.05. The molecule has 1 atom stereocenters. The molecule has 0 aliphatic carbocycles. The van der Waals surface area contributed by atoms with Crippen LogP contribution in [-0.2, 0) is 19.1 Å². The Bertz CT molecular complexity index is 756. The Balaban J connectivity index is 2.14. The summed E-state index contributed by atoms with van der Waals surface area (Å²) in [6, 6.07) is 11.6. The molecule has 1 aliphatic rings. The molecule has 1 heterocycles. The number of carbonyl (C=O) groups excluding carboxylic acids is 2. The van der Waals surface area contributed by atoms with Gasteiger partial charge < -0.3 is 14.4 Å². The molecule has 0 N–H and O–H groups in total. The molecule has 0 spiro atoms. The van der Waals surface area contributed by atoms with Crippen molar-refractivity contribution in [1.29, 1.82) is 0 Å². The van der Waals surface area contributed by atoms with Crippen molar-refractivity contribution in [2.75, 3.05) is 25.2 Å². The first-order valence-corrected chi connectivity index (χ1v) is 7.57. The number of fused-ring (bicyclic) bond motifs is 1. The van der Waals surface area contributed by atoms with Gasteiger partial charge in [-0.25, -0.2) is 0 Å². The van der Waals surface area contributed by atoms with Crippen LogP contribution in [0, 0.1) is 6.92 Å². The van der Waals surface area contributed by atoms with Crippen molar-refractivity contribution in [2.24, 2.45) is 0 Å². The lowest BCUT2D eigenvalue weighted by molar-refractivity contribution is -0.138. The molecule has 0 bridgehead atoms. The molecule has 1 aliphatic heterocycles. The Kier molecular flexibility index (Phi) is 4.30. The van der Waals surface area contributed by atoms with Crippen LogP contribution in [0.4, 0.5) is 5.69 Å². The summed E-state index contributed by atoms with van der Waals surface area (Å²) in [5, 5.41) is 2.03. The second kappa shape index (κ2) is 6.38. The first kappa shape index (κ1) is 15.5. The molecule has 23 heavy (non-hydrogen) atoms. The lowest BCUT2D eigenvalue weighted by Gasteiger charge is -2.30. The number of aryl methyl sites for hydroxylation is 1. The Morgan fingerprint density at radius 1 is 1.30 bits per heavy atom. The van der Waals surface area contributed by atoms with Gasteiger partial charge in [0.15, 0.2) is 0 Å². The quantitative estimate of drug-likeness (QED) is 0.814. The van der Waals surface area contributed by atoms with E-state index in [1.807, 2.05) is 43.3 Å². The molecule has 1 amide bonds. The third kappa shape index (κ3) is 2.92. The molecule has 3 rings (SSSR count). The second-order valence-electron chi connectivity index (χ2n) is 5.69. The maximum Gasteiger partial charge on any atom is 0.308 e. The van der Waals surface area contributed by atoms with E-state index in [0.717, 1.165) is 22.0 Å². The predicted molar refractivity (Wildman–Crippen MR) is 87.4 cm³/mol. The molecule has 2 aromatic rings. The number of amides is 1. The van der Waals surface area contributed by atoms with E-state index in [-0.39, 0.29) is 37.6 Å². The lowest BCUT2D eigenvalue weighted by Crippen LogP contribution is -2.43. The highest BCUT2D eigenvalue weighted by Gasteiger charge is 2.34. The molecule has 1 saturated heterocycles. The standard InChI is InChI=1S/C18H19NO4/c1-12-7-8-13-5-3-4-6-15(13)18(12)19(16(20)11-22-2)14-9-17(21)23-10-14/h3-8,14H,9-11H2,1-2H3. The van der Waals surface area contributed by atoms with Crippen LogP contribution in [0.2, 0.25) is 0 Å². The van der Waals surface area contributed by atoms with Gasteiger partial charge >= 0.3 is 5.97 Å². The number of rotatable bonds is 4. The molecule has 5 nitrogen and oxygen atoms in total. The van der Waals surface area contributed by atoms with Gasteiger partial charge in [0, 0.05) is 12.5 Å². The number of benzene rings is 2. The number of nitrogens with zero attached hydrogens (tertiary/aromatic N) is 1. The highest BCUT2D eigenvalue weighted by molar-refractivity contribution is 6.06. The summed E-state index contributed by atoms with van der Waals surface area (Å²) >= 11 is 0. The first-order valence-electron chi connectivity index (χ1n) is 7.57. The third-order valence-corrected chi connectivity index (χ3v) is 4.08. The monoisotopic (exact) mass is 313 g/mol. The number of hydrogen-bond donors (Lipinski definition) is 0. The van der Waals surface area contributed by atoms with Crippen molar-refractivity contribution < 1.29 is 19.1 Å². The van der Waals surface area contributed by atoms with Gasteiger partial charge in [0.1, 0.15) is 13.2 Å². The van der Waals surface area contributed by atoms with Crippen LogP contribution < -0.4 is 4.90 Å². The maximum atomic E-state index is 12.7. The molecule has 2 aromatic carbocycles. The van der Waals surface area contributed by atoms with E-state index in [4.69, 9.17) is 9.47 Å². The SMILES string of the molecule is COCC(=O)N(c1c(C)ccc2ccccc12)C1COC(=O)C1. The fraction of sp³-hybridized carbons (Fsp3) is 0.333. The Morgan fingerprint density at radius 2 is 2.09 bits per heavy atom. The largest absolute Gasteiger partial charge is 0.463 e. The Morgan fingerprint density at radius 3 is 2.78 bits per heavy atom. The number of esters is 1. The number of hydrogen-bond acceptors (Lipinski definition) is 4. The first-order chi connectivity index (χ1) is 11.1. The predicted octanol–water partition coefficient (Wildman–Crippen LogP) is 2.44.